The maximum Gasteiger partial charge on any atom is 0.222 e. The lowest BCUT2D eigenvalue weighted by molar-refractivity contribution is -0.124. The number of nitrogens with zero attached hydrogens (tertiary/aromatic N) is 2. The number of aromatic nitrogens is 2. The lowest BCUT2D eigenvalue weighted by atomic mass is 10.1. The van der Waals surface area contributed by atoms with Crippen molar-refractivity contribution in [3.8, 4) is 11.1 Å². The standard InChI is InChI=1S/C15H19N3O/c1-11(2)15(19)16-8-12-5-4-6-13(7-12)14-9-17-18(3)10-14/h4-7,9-11H,8H2,1-3H3,(H,16,19). The summed E-state index contributed by atoms with van der Waals surface area (Å²) in [5.74, 6) is 0.0910. The first-order valence-electron chi connectivity index (χ1n) is 6.42. The van der Waals surface area contributed by atoms with Gasteiger partial charge in [-0.3, -0.25) is 9.48 Å². The van der Waals surface area contributed by atoms with Crippen molar-refractivity contribution in [1.82, 2.24) is 15.1 Å². The lowest BCUT2D eigenvalue weighted by Gasteiger charge is -2.08. The number of carbonyl (C=O) groups is 1. The van der Waals surface area contributed by atoms with E-state index in [0.29, 0.717) is 6.54 Å². The van der Waals surface area contributed by atoms with Gasteiger partial charge in [0.1, 0.15) is 0 Å². The molecule has 1 amide bonds. The van der Waals surface area contributed by atoms with Gasteiger partial charge >= 0.3 is 0 Å². The largest absolute Gasteiger partial charge is 0.352 e. The number of benzene rings is 1. The fourth-order valence-electron chi connectivity index (χ4n) is 1.82. The molecule has 2 aromatic rings. The van der Waals surface area contributed by atoms with E-state index >= 15 is 0 Å². The van der Waals surface area contributed by atoms with Crippen LogP contribution < -0.4 is 5.32 Å². The summed E-state index contributed by atoms with van der Waals surface area (Å²) in [6.07, 6.45) is 3.82. The number of hydrogen-bond acceptors (Lipinski definition) is 2. The van der Waals surface area contributed by atoms with Crippen LogP contribution in [0.5, 0.6) is 0 Å². The van der Waals surface area contributed by atoms with Crippen LogP contribution in [0.25, 0.3) is 11.1 Å². The van der Waals surface area contributed by atoms with Crippen molar-refractivity contribution in [2.45, 2.75) is 20.4 Å². The molecule has 2 rings (SSSR count). The summed E-state index contributed by atoms with van der Waals surface area (Å²) in [4.78, 5) is 11.5. The molecule has 1 aromatic carbocycles. The van der Waals surface area contributed by atoms with E-state index in [1.165, 1.54) is 0 Å². The maximum atomic E-state index is 11.5. The highest BCUT2D eigenvalue weighted by atomic mass is 16.1. The molecule has 0 atom stereocenters. The van der Waals surface area contributed by atoms with E-state index in [1.807, 2.05) is 51.5 Å². The first-order chi connectivity index (χ1) is 9.06. The zero-order chi connectivity index (χ0) is 13.8. The van der Waals surface area contributed by atoms with Gasteiger partial charge in [-0.2, -0.15) is 5.10 Å². The Morgan fingerprint density at radius 1 is 1.37 bits per heavy atom. The van der Waals surface area contributed by atoms with Crippen molar-refractivity contribution in [2.75, 3.05) is 0 Å². The summed E-state index contributed by atoms with van der Waals surface area (Å²) in [5, 5.41) is 7.09. The van der Waals surface area contributed by atoms with Gasteiger partial charge in [0.15, 0.2) is 0 Å². The van der Waals surface area contributed by atoms with E-state index in [1.54, 1.807) is 4.68 Å². The van der Waals surface area contributed by atoms with Crippen molar-refractivity contribution in [3.05, 3.63) is 42.2 Å². The maximum absolute atomic E-state index is 11.5. The predicted octanol–water partition coefficient (Wildman–Crippen LogP) is 2.36. The molecule has 1 N–H and O–H groups in total. The molecule has 0 aliphatic rings. The van der Waals surface area contributed by atoms with Crippen molar-refractivity contribution < 1.29 is 4.79 Å². The second kappa shape index (κ2) is 5.69. The summed E-state index contributed by atoms with van der Waals surface area (Å²) >= 11 is 0. The number of aryl methyl sites for hydroxylation is 1. The van der Waals surface area contributed by atoms with Gasteiger partial charge in [-0.25, -0.2) is 0 Å². The van der Waals surface area contributed by atoms with Crippen LogP contribution >= 0.6 is 0 Å². The normalized spacial score (nSPS) is 10.7. The van der Waals surface area contributed by atoms with E-state index in [4.69, 9.17) is 0 Å². The third kappa shape index (κ3) is 3.44. The molecule has 4 nitrogen and oxygen atoms in total. The number of rotatable bonds is 4. The van der Waals surface area contributed by atoms with Crippen LogP contribution in [0.1, 0.15) is 19.4 Å². The second-order valence-corrected chi connectivity index (χ2v) is 4.98. The van der Waals surface area contributed by atoms with E-state index in [2.05, 4.69) is 16.5 Å². The molecule has 0 spiro atoms. The van der Waals surface area contributed by atoms with E-state index in [9.17, 15) is 4.79 Å². The number of hydrogen-bond donors (Lipinski definition) is 1. The fraction of sp³-hybridized carbons (Fsp3) is 0.333. The molecule has 0 radical (unpaired) electrons. The third-order valence-corrected chi connectivity index (χ3v) is 2.96. The summed E-state index contributed by atoms with van der Waals surface area (Å²) in [7, 11) is 1.90. The zero-order valence-electron chi connectivity index (χ0n) is 11.6. The van der Waals surface area contributed by atoms with Crippen LogP contribution in [-0.4, -0.2) is 15.7 Å². The van der Waals surface area contributed by atoms with Crippen LogP contribution in [-0.2, 0) is 18.4 Å². The molecule has 1 aromatic heterocycles. The smallest absolute Gasteiger partial charge is 0.222 e. The average molecular weight is 257 g/mol. The van der Waals surface area contributed by atoms with Gasteiger partial charge in [-0.1, -0.05) is 32.0 Å². The molecule has 4 heteroatoms. The summed E-state index contributed by atoms with van der Waals surface area (Å²) in [5.41, 5.74) is 3.29. The lowest BCUT2D eigenvalue weighted by Crippen LogP contribution is -2.27. The zero-order valence-corrected chi connectivity index (χ0v) is 11.6. The fourth-order valence-corrected chi connectivity index (χ4v) is 1.82. The number of amides is 1. The average Bonchev–Trinajstić information content (AvgIpc) is 2.83. The molecule has 1 heterocycles. The van der Waals surface area contributed by atoms with E-state index in [-0.39, 0.29) is 11.8 Å². The highest BCUT2D eigenvalue weighted by Gasteiger charge is 2.06. The molecule has 0 aliphatic carbocycles. The number of carbonyl (C=O) groups excluding carboxylic acids is 1. The Kier molecular flexibility index (Phi) is 4.00. The minimum Gasteiger partial charge on any atom is -0.352 e. The van der Waals surface area contributed by atoms with Crippen LogP contribution in [0.4, 0.5) is 0 Å². The van der Waals surface area contributed by atoms with Crippen molar-refractivity contribution in [3.63, 3.8) is 0 Å². The van der Waals surface area contributed by atoms with Gasteiger partial charge in [0.25, 0.3) is 0 Å². The molecule has 100 valence electrons. The molecule has 0 unspecified atom stereocenters. The topological polar surface area (TPSA) is 46.9 Å². The Hall–Kier alpha value is -2.10. The van der Waals surface area contributed by atoms with Gasteiger partial charge in [-0.05, 0) is 17.2 Å². The Morgan fingerprint density at radius 2 is 2.16 bits per heavy atom. The van der Waals surface area contributed by atoms with Gasteiger partial charge in [0.05, 0.1) is 6.20 Å². The Balaban J connectivity index is 2.09. The summed E-state index contributed by atoms with van der Waals surface area (Å²) in [6.45, 7) is 4.34. The van der Waals surface area contributed by atoms with Crippen LogP contribution in [0.3, 0.4) is 0 Å². The molecule has 0 aliphatic heterocycles. The molecule has 0 saturated carbocycles. The van der Waals surface area contributed by atoms with E-state index < -0.39 is 0 Å². The van der Waals surface area contributed by atoms with Crippen LogP contribution in [0.2, 0.25) is 0 Å². The minimum atomic E-state index is 0.0153. The SMILES string of the molecule is CC(C)C(=O)NCc1cccc(-c2cnn(C)c2)c1. The monoisotopic (exact) mass is 257 g/mol. The second-order valence-electron chi connectivity index (χ2n) is 4.98. The molecule has 0 bridgehead atoms. The first-order valence-corrected chi connectivity index (χ1v) is 6.42. The molecule has 19 heavy (non-hydrogen) atoms. The van der Waals surface area contributed by atoms with Gasteiger partial charge in [0.2, 0.25) is 5.91 Å². The first kappa shape index (κ1) is 13.3. The summed E-state index contributed by atoms with van der Waals surface area (Å²) < 4.78 is 1.78. The van der Waals surface area contributed by atoms with Crippen molar-refractivity contribution in [2.24, 2.45) is 13.0 Å². The predicted molar refractivity (Wildman–Crippen MR) is 75.3 cm³/mol. The third-order valence-electron chi connectivity index (χ3n) is 2.96. The van der Waals surface area contributed by atoms with Gasteiger partial charge < -0.3 is 5.32 Å². The Morgan fingerprint density at radius 3 is 2.79 bits per heavy atom. The van der Waals surface area contributed by atoms with Gasteiger partial charge in [-0.15, -0.1) is 0 Å². The van der Waals surface area contributed by atoms with Crippen LogP contribution in [0, 0.1) is 5.92 Å². The molecular weight excluding hydrogens is 238 g/mol. The highest BCUT2D eigenvalue weighted by molar-refractivity contribution is 5.77. The Bertz CT molecular complexity index is 572. The molecule has 0 fully saturated rings. The summed E-state index contributed by atoms with van der Waals surface area (Å²) in [6, 6.07) is 8.14. The van der Waals surface area contributed by atoms with Crippen molar-refractivity contribution >= 4 is 5.91 Å². The molecular formula is C15H19N3O. The Labute approximate surface area is 113 Å². The van der Waals surface area contributed by atoms with Crippen molar-refractivity contribution in [1.29, 1.82) is 0 Å². The molecule has 0 saturated heterocycles. The van der Waals surface area contributed by atoms with Gasteiger partial charge in [0, 0.05) is 31.3 Å². The highest BCUT2D eigenvalue weighted by Crippen LogP contribution is 2.19. The quantitative estimate of drug-likeness (QED) is 0.914. The van der Waals surface area contributed by atoms with E-state index in [0.717, 1.165) is 16.7 Å². The van der Waals surface area contributed by atoms with Crippen LogP contribution in [0.15, 0.2) is 36.7 Å². The minimum absolute atomic E-state index is 0.0153. The number of nitrogens with one attached hydrogen (secondary N) is 1.